The molecule has 15 heavy (non-hydrogen) atoms. The maximum atomic E-state index is 5.53. The summed E-state index contributed by atoms with van der Waals surface area (Å²) < 4.78 is 10.8. The van der Waals surface area contributed by atoms with Gasteiger partial charge in [-0.05, 0) is 32.4 Å². The Kier molecular flexibility index (Phi) is 4.69. The SMILES string of the molecule is CCOc1ccc(C(C)NCC(C)C)o1. The van der Waals surface area contributed by atoms with Crippen LogP contribution >= 0.6 is 0 Å². The van der Waals surface area contributed by atoms with E-state index in [0.717, 1.165) is 12.3 Å². The van der Waals surface area contributed by atoms with Gasteiger partial charge in [0.05, 0.1) is 12.6 Å². The fourth-order valence-corrected chi connectivity index (χ4v) is 1.30. The molecule has 1 atom stereocenters. The summed E-state index contributed by atoms with van der Waals surface area (Å²) in [5.74, 6) is 2.18. The normalized spacial score (nSPS) is 13.1. The van der Waals surface area contributed by atoms with E-state index in [1.54, 1.807) is 0 Å². The van der Waals surface area contributed by atoms with E-state index >= 15 is 0 Å². The average Bonchev–Trinajstić information content (AvgIpc) is 2.63. The average molecular weight is 211 g/mol. The molecule has 0 amide bonds. The van der Waals surface area contributed by atoms with E-state index in [1.807, 2.05) is 19.1 Å². The molecule has 1 rings (SSSR count). The van der Waals surface area contributed by atoms with Crippen LogP contribution in [-0.2, 0) is 0 Å². The third-order valence-corrected chi connectivity index (χ3v) is 2.15. The summed E-state index contributed by atoms with van der Waals surface area (Å²) >= 11 is 0. The fourth-order valence-electron chi connectivity index (χ4n) is 1.30. The lowest BCUT2D eigenvalue weighted by Crippen LogP contribution is -2.22. The highest BCUT2D eigenvalue weighted by molar-refractivity contribution is 5.14. The van der Waals surface area contributed by atoms with Gasteiger partial charge in [0.15, 0.2) is 0 Å². The summed E-state index contributed by atoms with van der Waals surface area (Å²) in [5.41, 5.74) is 0. The van der Waals surface area contributed by atoms with Crippen LogP contribution in [0.3, 0.4) is 0 Å². The minimum Gasteiger partial charge on any atom is -0.465 e. The summed E-state index contributed by atoms with van der Waals surface area (Å²) in [6.07, 6.45) is 0. The van der Waals surface area contributed by atoms with Gasteiger partial charge >= 0.3 is 0 Å². The Hall–Kier alpha value is -0.960. The number of hydrogen-bond donors (Lipinski definition) is 1. The van der Waals surface area contributed by atoms with Gasteiger partial charge in [0.1, 0.15) is 5.76 Å². The molecular weight excluding hydrogens is 190 g/mol. The zero-order chi connectivity index (χ0) is 11.3. The highest BCUT2D eigenvalue weighted by Gasteiger charge is 2.10. The van der Waals surface area contributed by atoms with Crippen LogP contribution in [0.15, 0.2) is 16.5 Å². The summed E-state index contributed by atoms with van der Waals surface area (Å²) in [6.45, 7) is 10.0. The standard InChI is InChI=1S/C12H21NO2/c1-5-14-12-7-6-11(15-12)10(4)13-8-9(2)3/h6-7,9-10,13H,5,8H2,1-4H3. The van der Waals surface area contributed by atoms with Crippen molar-refractivity contribution in [3.63, 3.8) is 0 Å². The first-order chi connectivity index (χ1) is 7.13. The van der Waals surface area contributed by atoms with Gasteiger partial charge < -0.3 is 14.5 Å². The number of nitrogens with one attached hydrogen (secondary N) is 1. The van der Waals surface area contributed by atoms with Gasteiger partial charge in [0, 0.05) is 6.07 Å². The molecule has 0 spiro atoms. The van der Waals surface area contributed by atoms with Crippen molar-refractivity contribution >= 4 is 0 Å². The molecule has 86 valence electrons. The molecule has 0 aliphatic heterocycles. The van der Waals surface area contributed by atoms with Gasteiger partial charge in [0.25, 0.3) is 5.95 Å². The molecule has 0 saturated heterocycles. The molecule has 1 unspecified atom stereocenters. The third-order valence-electron chi connectivity index (χ3n) is 2.15. The Labute approximate surface area is 91.8 Å². The second-order valence-corrected chi connectivity index (χ2v) is 4.11. The summed E-state index contributed by atoms with van der Waals surface area (Å²) in [4.78, 5) is 0. The first-order valence-corrected chi connectivity index (χ1v) is 5.59. The maximum absolute atomic E-state index is 5.53. The topological polar surface area (TPSA) is 34.4 Å². The molecule has 0 saturated carbocycles. The van der Waals surface area contributed by atoms with Crippen molar-refractivity contribution in [2.24, 2.45) is 5.92 Å². The minimum absolute atomic E-state index is 0.238. The number of furan rings is 1. The highest BCUT2D eigenvalue weighted by atomic mass is 16.6. The van der Waals surface area contributed by atoms with Crippen LogP contribution in [0.2, 0.25) is 0 Å². The lowest BCUT2D eigenvalue weighted by Gasteiger charge is -2.12. The summed E-state index contributed by atoms with van der Waals surface area (Å²) in [7, 11) is 0. The minimum atomic E-state index is 0.238. The largest absolute Gasteiger partial charge is 0.465 e. The van der Waals surface area contributed by atoms with Gasteiger partial charge in [0.2, 0.25) is 0 Å². The zero-order valence-corrected chi connectivity index (χ0v) is 10.0. The van der Waals surface area contributed by atoms with Crippen molar-refractivity contribution in [2.45, 2.75) is 33.7 Å². The van der Waals surface area contributed by atoms with E-state index in [4.69, 9.17) is 9.15 Å². The van der Waals surface area contributed by atoms with E-state index in [0.29, 0.717) is 18.5 Å². The van der Waals surface area contributed by atoms with Gasteiger partial charge in [-0.25, -0.2) is 0 Å². The van der Waals surface area contributed by atoms with Crippen molar-refractivity contribution < 1.29 is 9.15 Å². The highest BCUT2D eigenvalue weighted by Crippen LogP contribution is 2.21. The Balaban J connectivity index is 2.46. The third kappa shape index (κ3) is 3.96. The molecule has 0 bridgehead atoms. The Morgan fingerprint density at radius 2 is 2.07 bits per heavy atom. The molecule has 0 aliphatic rings. The van der Waals surface area contributed by atoms with E-state index in [-0.39, 0.29) is 6.04 Å². The molecule has 0 fully saturated rings. The monoisotopic (exact) mass is 211 g/mol. The van der Waals surface area contributed by atoms with Gasteiger partial charge in [-0.2, -0.15) is 0 Å². The molecule has 0 aromatic carbocycles. The van der Waals surface area contributed by atoms with Crippen molar-refractivity contribution in [2.75, 3.05) is 13.2 Å². The summed E-state index contributed by atoms with van der Waals surface area (Å²) in [6, 6.07) is 4.07. The van der Waals surface area contributed by atoms with Crippen LogP contribution in [0, 0.1) is 5.92 Å². The smallest absolute Gasteiger partial charge is 0.284 e. The van der Waals surface area contributed by atoms with E-state index in [2.05, 4.69) is 26.1 Å². The Morgan fingerprint density at radius 1 is 1.33 bits per heavy atom. The molecule has 0 radical (unpaired) electrons. The number of ether oxygens (including phenoxy) is 1. The van der Waals surface area contributed by atoms with Crippen molar-refractivity contribution in [3.8, 4) is 5.95 Å². The fraction of sp³-hybridized carbons (Fsp3) is 0.667. The first kappa shape index (κ1) is 12.1. The van der Waals surface area contributed by atoms with Gasteiger partial charge in [-0.15, -0.1) is 0 Å². The van der Waals surface area contributed by atoms with Crippen molar-refractivity contribution in [3.05, 3.63) is 17.9 Å². The second-order valence-electron chi connectivity index (χ2n) is 4.11. The molecule has 1 N–H and O–H groups in total. The van der Waals surface area contributed by atoms with Crippen LogP contribution in [0.25, 0.3) is 0 Å². The van der Waals surface area contributed by atoms with Crippen LogP contribution in [0.4, 0.5) is 0 Å². The Morgan fingerprint density at radius 3 is 2.67 bits per heavy atom. The lowest BCUT2D eigenvalue weighted by molar-refractivity contribution is 0.243. The number of rotatable bonds is 6. The van der Waals surface area contributed by atoms with E-state index in [1.165, 1.54) is 0 Å². The zero-order valence-electron chi connectivity index (χ0n) is 10.0. The molecule has 3 heteroatoms. The Bertz CT molecular complexity index is 281. The molecule has 3 nitrogen and oxygen atoms in total. The second kappa shape index (κ2) is 5.81. The molecule has 1 aromatic rings. The molecule has 0 aliphatic carbocycles. The van der Waals surface area contributed by atoms with Gasteiger partial charge in [-0.1, -0.05) is 13.8 Å². The predicted molar refractivity (Wildman–Crippen MR) is 61.1 cm³/mol. The van der Waals surface area contributed by atoms with Crippen LogP contribution < -0.4 is 10.1 Å². The summed E-state index contributed by atoms with van der Waals surface area (Å²) in [5, 5.41) is 3.40. The lowest BCUT2D eigenvalue weighted by atomic mass is 10.2. The maximum Gasteiger partial charge on any atom is 0.284 e. The van der Waals surface area contributed by atoms with Gasteiger partial charge in [-0.3, -0.25) is 0 Å². The molecular formula is C12H21NO2. The predicted octanol–water partition coefficient (Wildman–Crippen LogP) is 2.98. The molecule has 1 aromatic heterocycles. The number of hydrogen-bond acceptors (Lipinski definition) is 3. The van der Waals surface area contributed by atoms with Crippen LogP contribution in [0.1, 0.15) is 39.5 Å². The van der Waals surface area contributed by atoms with Crippen molar-refractivity contribution in [1.29, 1.82) is 0 Å². The van der Waals surface area contributed by atoms with E-state index in [9.17, 15) is 0 Å². The molecule has 1 heterocycles. The first-order valence-electron chi connectivity index (χ1n) is 5.59. The quantitative estimate of drug-likeness (QED) is 0.785. The van der Waals surface area contributed by atoms with E-state index < -0.39 is 0 Å². The van der Waals surface area contributed by atoms with Crippen LogP contribution in [0.5, 0.6) is 5.95 Å². The van der Waals surface area contributed by atoms with Crippen molar-refractivity contribution in [1.82, 2.24) is 5.32 Å². The van der Waals surface area contributed by atoms with Crippen LogP contribution in [-0.4, -0.2) is 13.2 Å².